The number of ether oxygens (including phenoxy) is 2. The number of aromatic hydroxyl groups is 1. The van der Waals surface area contributed by atoms with E-state index in [4.69, 9.17) is 9.47 Å². The lowest BCUT2D eigenvalue weighted by Gasteiger charge is -2.35. The van der Waals surface area contributed by atoms with Gasteiger partial charge in [0.1, 0.15) is 30.8 Å². The molecule has 12 nitrogen and oxygen atoms in total. The first-order valence-electron chi connectivity index (χ1n) is 9.97. The molecule has 2 unspecified atom stereocenters. The summed E-state index contributed by atoms with van der Waals surface area (Å²) < 4.78 is 11.4. The molecule has 1 aliphatic heterocycles. The van der Waals surface area contributed by atoms with Gasteiger partial charge in [-0.2, -0.15) is 0 Å². The fourth-order valence-electron chi connectivity index (χ4n) is 3.27. The van der Waals surface area contributed by atoms with Crippen molar-refractivity contribution in [3.63, 3.8) is 0 Å². The zero-order valence-corrected chi connectivity index (χ0v) is 20.3. The Morgan fingerprint density at radius 3 is 2.52 bits per heavy atom. The molecule has 0 aliphatic carbocycles. The normalized spacial score (nSPS) is 17.9. The van der Waals surface area contributed by atoms with Crippen molar-refractivity contribution in [3.8, 4) is 11.5 Å². The molecule has 1 aromatic carbocycles. The second-order valence-electron chi connectivity index (χ2n) is 7.58. The zero-order valence-electron chi connectivity index (χ0n) is 18.7. The summed E-state index contributed by atoms with van der Waals surface area (Å²) in [5, 5.41) is 28.9. The van der Waals surface area contributed by atoms with Gasteiger partial charge in [0.05, 0.1) is 0 Å². The number of hydrogen-bond acceptors (Lipinski definition) is 12. The number of fused-ring (bicyclic) bond motifs is 1. The minimum Gasteiger partial charge on any atom is -0.507 e. The Morgan fingerprint density at radius 1 is 1.18 bits per heavy atom. The highest BCUT2D eigenvalue weighted by molar-refractivity contribution is 8.76. The number of carbonyl (C=O) groups excluding carboxylic acids is 1. The van der Waals surface area contributed by atoms with Crippen molar-refractivity contribution >= 4 is 27.6 Å². The van der Waals surface area contributed by atoms with Crippen molar-refractivity contribution in [1.82, 2.24) is 0 Å². The summed E-state index contributed by atoms with van der Waals surface area (Å²) in [5.41, 5.74) is 1.97. The van der Waals surface area contributed by atoms with Crippen LogP contribution in [0.2, 0.25) is 0 Å². The van der Waals surface area contributed by atoms with Crippen LogP contribution in [-0.4, -0.2) is 57.7 Å². The Hall–Kier alpha value is -2.61. The van der Waals surface area contributed by atoms with E-state index in [1.165, 1.54) is 21.6 Å². The predicted octanol–water partition coefficient (Wildman–Crippen LogP) is 3.11. The lowest BCUT2D eigenvalue weighted by molar-refractivity contribution is -0.788. The molecule has 1 aromatic rings. The van der Waals surface area contributed by atoms with Gasteiger partial charge in [-0.15, -0.1) is 20.2 Å². The average molecular weight is 507 g/mol. The Kier molecular flexibility index (Phi) is 9.28. The van der Waals surface area contributed by atoms with E-state index in [9.17, 15) is 30.1 Å². The summed E-state index contributed by atoms with van der Waals surface area (Å²) in [4.78, 5) is 41.9. The van der Waals surface area contributed by atoms with Gasteiger partial charge in [-0.3, -0.25) is 0 Å². The molecule has 1 heterocycles. The van der Waals surface area contributed by atoms with Gasteiger partial charge in [-0.05, 0) is 50.8 Å². The van der Waals surface area contributed by atoms with Crippen LogP contribution >= 0.6 is 21.6 Å². The van der Waals surface area contributed by atoms with E-state index < -0.39 is 34.5 Å². The van der Waals surface area contributed by atoms with Gasteiger partial charge in [0.25, 0.3) is 10.2 Å². The first-order valence-corrected chi connectivity index (χ1v) is 12.5. The number of carbonyl (C=O) groups is 1. The Labute approximate surface area is 197 Å². The van der Waals surface area contributed by atoms with Crippen molar-refractivity contribution in [1.29, 1.82) is 0 Å². The topological polar surface area (TPSA) is 160 Å². The molecule has 1 aliphatic rings. The summed E-state index contributed by atoms with van der Waals surface area (Å²) in [6.45, 7) is 6.65. The van der Waals surface area contributed by atoms with Crippen LogP contribution in [0.15, 0.2) is 0 Å². The van der Waals surface area contributed by atoms with Gasteiger partial charge >= 0.3 is 5.97 Å². The van der Waals surface area contributed by atoms with Crippen molar-refractivity contribution in [2.24, 2.45) is 0 Å². The molecule has 14 heteroatoms. The molecule has 0 spiro atoms. The lowest BCUT2D eigenvalue weighted by atomic mass is 9.87. The minimum absolute atomic E-state index is 0.0653. The maximum Gasteiger partial charge on any atom is 0.350 e. The summed E-state index contributed by atoms with van der Waals surface area (Å²) in [5.74, 6) is 0.791. The van der Waals surface area contributed by atoms with Gasteiger partial charge in [0.15, 0.2) is 0 Å². The van der Waals surface area contributed by atoms with Crippen molar-refractivity contribution in [2.45, 2.75) is 52.2 Å². The quantitative estimate of drug-likeness (QED) is 0.145. The minimum atomic E-state index is -1.16. The van der Waals surface area contributed by atoms with Gasteiger partial charge in [-0.25, -0.2) is 4.79 Å². The highest BCUT2D eigenvalue weighted by Gasteiger charge is 2.42. The molecule has 184 valence electrons. The van der Waals surface area contributed by atoms with Crippen LogP contribution in [0.5, 0.6) is 11.5 Å². The van der Waals surface area contributed by atoms with Crippen LogP contribution in [0.25, 0.3) is 0 Å². The zero-order chi connectivity index (χ0) is 24.8. The molecule has 2 rings (SSSR count). The molecule has 2 atom stereocenters. The molecular weight excluding hydrogens is 480 g/mol. The van der Waals surface area contributed by atoms with Crippen LogP contribution < -0.4 is 4.74 Å². The molecule has 0 radical (unpaired) electrons. The van der Waals surface area contributed by atoms with E-state index in [0.717, 1.165) is 16.7 Å². The van der Waals surface area contributed by atoms with E-state index in [1.54, 1.807) is 13.8 Å². The lowest BCUT2D eigenvalue weighted by Crippen LogP contribution is -2.46. The largest absolute Gasteiger partial charge is 0.507 e. The summed E-state index contributed by atoms with van der Waals surface area (Å²) in [7, 11) is 2.45. The number of nitrogens with zero attached hydrogens (tertiary/aromatic N) is 2. The monoisotopic (exact) mass is 506 g/mol. The molecule has 0 fully saturated rings. The van der Waals surface area contributed by atoms with E-state index in [1.807, 2.05) is 13.8 Å². The first kappa shape index (κ1) is 26.6. The average Bonchev–Trinajstić information content (AvgIpc) is 2.76. The second kappa shape index (κ2) is 11.5. The smallest absolute Gasteiger partial charge is 0.350 e. The Bertz CT molecular complexity index is 913. The second-order valence-corrected chi connectivity index (χ2v) is 10.2. The Balaban J connectivity index is 1.82. The molecular formula is C19H26N2O10S2. The van der Waals surface area contributed by atoms with Gasteiger partial charge in [0.2, 0.25) is 5.60 Å². The first-order chi connectivity index (χ1) is 15.5. The highest BCUT2D eigenvalue weighted by Crippen LogP contribution is 2.43. The fraction of sp³-hybridized carbons (Fsp3) is 0.632. The van der Waals surface area contributed by atoms with Gasteiger partial charge < -0.3 is 24.3 Å². The van der Waals surface area contributed by atoms with Gasteiger partial charge in [-0.1, -0.05) is 21.6 Å². The van der Waals surface area contributed by atoms with Crippen molar-refractivity contribution in [2.75, 3.05) is 24.7 Å². The third-order valence-electron chi connectivity index (χ3n) is 5.29. The number of benzene rings is 1. The molecule has 0 amide bonds. The molecule has 0 aromatic heterocycles. The number of esters is 1. The third kappa shape index (κ3) is 6.93. The highest BCUT2D eigenvalue weighted by atomic mass is 33.1. The number of phenols is 1. The summed E-state index contributed by atoms with van der Waals surface area (Å²) in [6, 6.07) is 0. The number of hydrogen-bond donors (Lipinski definition) is 1. The van der Waals surface area contributed by atoms with Crippen LogP contribution in [-0.2, 0) is 25.6 Å². The van der Waals surface area contributed by atoms with Crippen LogP contribution in [0.3, 0.4) is 0 Å². The molecule has 0 bridgehead atoms. The van der Waals surface area contributed by atoms with Crippen LogP contribution in [0.4, 0.5) is 0 Å². The number of rotatable bonds is 12. The Morgan fingerprint density at radius 2 is 1.88 bits per heavy atom. The fourth-order valence-corrected chi connectivity index (χ4v) is 5.25. The van der Waals surface area contributed by atoms with Crippen molar-refractivity contribution < 1.29 is 39.2 Å². The predicted molar refractivity (Wildman–Crippen MR) is 120 cm³/mol. The van der Waals surface area contributed by atoms with Gasteiger partial charge in [0, 0.05) is 23.5 Å². The molecule has 1 N–H and O–H groups in total. The van der Waals surface area contributed by atoms with E-state index in [2.05, 4.69) is 9.68 Å². The maximum absolute atomic E-state index is 12.7. The summed E-state index contributed by atoms with van der Waals surface area (Å²) in [6.07, 6.45) is -0.134. The van der Waals surface area contributed by atoms with Crippen LogP contribution in [0.1, 0.15) is 35.6 Å². The summed E-state index contributed by atoms with van der Waals surface area (Å²) >= 11 is 0. The van der Waals surface area contributed by atoms with E-state index >= 15 is 0 Å². The third-order valence-corrected chi connectivity index (χ3v) is 7.71. The SMILES string of the molecule is Cc1c(C)c2c(c(C)c1O)CCC(C)(C(=O)OCCSSCC(CO[N+](=O)[O-])O[N+](=O)[O-])O2. The molecule has 33 heavy (non-hydrogen) atoms. The maximum atomic E-state index is 12.7. The molecule has 0 saturated heterocycles. The molecule has 0 saturated carbocycles. The van der Waals surface area contributed by atoms with E-state index in [0.29, 0.717) is 29.9 Å². The van der Waals surface area contributed by atoms with Crippen molar-refractivity contribution in [3.05, 3.63) is 42.5 Å². The standard InChI is InChI=1S/C19H26N2O10S2/c1-11-12(2)17-15(13(3)16(11)22)5-6-19(4,30-17)18(23)28-7-8-32-33-10-14(31-21(26)27)9-29-20(24)25/h14,22H,5-10H2,1-4H3. The number of phenolic OH excluding ortho intramolecular Hbond substituents is 1. The van der Waals surface area contributed by atoms with E-state index in [-0.39, 0.29) is 18.1 Å². The van der Waals surface area contributed by atoms with Crippen LogP contribution in [0, 0.1) is 41.0 Å².